The van der Waals surface area contributed by atoms with Crippen molar-refractivity contribution in [2.75, 3.05) is 56.6 Å². The highest BCUT2D eigenvalue weighted by Crippen LogP contribution is 2.25. The molecule has 4 rings (SSSR count). The summed E-state index contributed by atoms with van der Waals surface area (Å²) < 4.78 is 0. The molecule has 0 atom stereocenters. The lowest BCUT2D eigenvalue weighted by molar-refractivity contribution is 0.312. The van der Waals surface area contributed by atoms with Gasteiger partial charge in [0.25, 0.3) is 0 Å². The van der Waals surface area contributed by atoms with Gasteiger partial charge in [0.15, 0.2) is 5.82 Å². The molecule has 0 aliphatic carbocycles. The van der Waals surface area contributed by atoms with Gasteiger partial charge in [0.05, 0.1) is 0 Å². The number of nitrogens with zero attached hydrogens (tertiary/aromatic N) is 6. The fraction of sp³-hybridized carbons (Fsp3) is 0.348. The molecule has 2 aromatic heterocycles. The van der Waals surface area contributed by atoms with Gasteiger partial charge in [0.2, 0.25) is 0 Å². The highest BCUT2D eigenvalue weighted by Gasteiger charge is 2.18. The second-order valence-electron chi connectivity index (χ2n) is 7.59. The molecule has 1 saturated heterocycles. The number of hydrogen-bond donors (Lipinski definition) is 0. The predicted molar refractivity (Wildman–Crippen MR) is 118 cm³/mol. The molecule has 0 unspecified atom stereocenters. The first-order chi connectivity index (χ1) is 14.2. The molecule has 0 radical (unpaired) electrons. The third-order valence-corrected chi connectivity index (χ3v) is 5.43. The van der Waals surface area contributed by atoms with E-state index in [1.165, 1.54) is 5.56 Å². The molecule has 6 heteroatoms. The van der Waals surface area contributed by atoms with Crippen LogP contribution in [0.5, 0.6) is 0 Å². The van der Waals surface area contributed by atoms with Gasteiger partial charge in [0.1, 0.15) is 11.6 Å². The Balaban J connectivity index is 1.60. The van der Waals surface area contributed by atoms with Crippen molar-refractivity contribution in [2.24, 2.45) is 0 Å². The van der Waals surface area contributed by atoms with Crippen LogP contribution < -0.4 is 9.80 Å². The molecule has 6 nitrogen and oxygen atoms in total. The van der Waals surface area contributed by atoms with E-state index in [-0.39, 0.29) is 0 Å². The molecule has 0 saturated carbocycles. The maximum absolute atomic E-state index is 4.91. The number of hydrogen-bond acceptors (Lipinski definition) is 6. The Morgan fingerprint density at radius 1 is 0.931 bits per heavy atom. The number of anilines is 2. The summed E-state index contributed by atoms with van der Waals surface area (Å²) in [5.41, 5.74) is 2.33. The average molecular weight is 389 g/mol. The van der Waals surface area contributed by atoms with Crippen LogP contribution in [0.4, 0.5) is 11.6 Å². The summed E-state index contributed by atoms with van der Waals surface area (Å²) in [6.45, 7) is 4.97. The van der Waals surface area contributed by atoms with Gasteiger partial charge < -0.3 is 14.7 Å². The maximum atomic E-state index is 4.91. The number of benzene rings is 1. The van der Waals surface area contributed by atoms with E-state index in [2.05, 4.69) is 64.1 Å². The summed E-state index contributed by atoms with van der Waals surface area (Å²) in [6.07, 6.45) is 4.64. The van der Waals surface area contributed by atoms with E-state index in [9.17, 15) is 0 Å². The van der Waals surface area contributed by atoms with Crippen molar-refractivity contribution in [3.8, 4) is 11.4 Å². The molecule has 0 N–H and O–H groups in total. The van der Waals surface area contributed by atoms with Crippen molar-refractivity contribution >= 4 is 11.6 Å². The predicted octanol–water partition coefficient (Wildman–Crippen LogP) is 2.97. The van der Waals surface area contributed by atoms with Gasteiger partial charge in [-0.05, 0) is 31.2 Å². The molecular formula is C23H28N6. The first-order valence-electron chi connectivity index (χ1n) is 10.2. The average Bonchev–Trinajstić information content (AvgIpc) is 2.79. The molecular weight excluding hydrogens is 360 g/mol. The minimum Gasteiger partial charge on any atom is -0.359 e. The van der Waals surface area contributed by atoms with Gasteiger partial charge in [-0.3, -0.25) is 4.98 Å². The van der Waals surface area contributed by atoms with Crippen LogP contribution in [-0.2, 0) is 6.42 Å². The zero-order valence-corrected chi connectivity index (χ0v) is 17.2. The van der Waals surface area contributed by atoms with Gasteiger partial charge >= 0.3 is 0 Å². The first-order valence-corrected chi connectivity index (χ1v) is 10.2. The molecule has 1 fully saturated rings. The Bertz CT molecular complexity index is 907. The van der Waals surface area contributed by atoms with Crippen molar-refractivity contribution in [1.29, 1.82) is 0 Å². The Kier molecular flexibility index (Phi) is 6.00. The third-order valence-electron chi connectivity index (χ3n) is 5.43. The smallest absolute Gasteiger partial charge is 0.163 e. The maximum Gasteiger partial charge on any atom is 0.163 e. The minimum atomic E-state index is 0.785. The van der Waals surface area contributed by atoms with Crippen molar-refractivity contribution in [1.82, 2.24) is 19.9 Å². The summed E-state index contributed by atoms with van der Waals surface area (Å²) in [6, 6.07) is 16.5. The van der Waals surface area contributed by atoms with E-state index >= 15 is 0 Å². The fourth-order valence-electron chi connectivity index (χ4n) is 3.49. The quantitative estimate of drug-likeness (QED) is 0.647. The molecule has 150 valence electrons. The highest BCUT2D eigenvalue weighted by atomic mass is 15.3. The fourth-order valence-corrected chi connectivity index (χ4v) is 3.49. The van der Waals surface area contributed by atoms with Crippen LogP contribution in [0.1, 0.15) is 5.56 Å². The van der Waals surface area contributed by atoms with Crippen molar-refractivity contribution in [2.45, 2.75) is 6.42 Å². The Labute approximate surface area is 172 Å². The zero-order chi connectivity index (χ0) is 20.1. The van der Waals surface area contributed by atoms with E-state index in [1.807, 2.05) is 30.6 Å². The van der Waals surface area contributed by atoms with E-state index < -0.39 is 0 Å². The van der Waals surface area contributed by atoms with Gasteiger partial charge in [-0.2, -0.15) is 0 Å². The topological polar surface area (TPSA) is 48.4 Å². The number of aromatic nitrogens is 3. The molecule has 0 spiro atoms. The second-order valence-corrected chi connectivity index (χ2v) is 7.59. The van der Waals surface area contributed by atoms with Crippen LogP contribution in [0.3, 0.4) is 0 Å². The summed E-state index contributed by atoms with van der Waals surface area (Å²) >= 11 is 0. The van der Waals surface area contributed by atoms with Crippen molar-refractivity contribution in [3.05, 3.63) is 66.5 Å². The number of piperazine rings is 1. The summed E-state index contributed by atoms with van der Waals surface area (Å²) in [4.78, 5) is 20.9. The number of rotatable bonds is 6. The normalized spacial score (nSPS) is 14.8. The van der Waals surface area contributed by atoms with E-state index in [4.69, 9.17) is 9.97 Å². The minimum absolute atomic E-state index is 0.785. The molecule has 0 bridgehead atoms. The van der Waals surface area contributed by atoms with E-state index in [1.54, 1.807) is 0 Å². The van der Waals surface area contributed by atoms with Gasteiger partial charge in [0, 0.05) is 63.8 Å². The van der Waals surface area contributed by atoms with Crippen LogP contribution >= 0.6 is 0 Å². The first kappa shape index (κ1) is 19.3. The molecule has 1 aliphatic rings. The standard InChI is InChI=1S/C23H28N6/c1-27-14-16-29(17-15-27)22-18-21(25-23(26-22)20-6-4-3-5-7-20)28(2)13-10-19-8-11-24-12-9-19/h3-9,11-12,18H,10,13-17H2,1-2H3. The van der Waals surface area contributed by atoms with Gasteiger partial charge in [-0.1, -0.05) is 30.3 Å². The number of pyridine rings is 1. The van der Waals surface area contributed by atoms with Crippen LogP contribution in [0.2, 0.25) is 0 Å². The van der Waals surface area contributed by atoms with Crippen LogP contribution in [-0.4, -0.2) is 66.7 Å². The Morgan fingerprint density at radius 2 is 1.66 bits per heavy atom. The zero-order valence-electron chi connectivity index (χ0n) is 17.2. The van der Waals surface area contributed by atoms with Crippen molar-refractivity contribution in [3.63, 3.8) is 0 Å². The van der Waals surface area contributed by atoms with E-state index in [0.29, 0.717) is 0 Å². The lowest BCUT2D eigenvalue weighted by Crippen LogP contribution is -2.45. The molecule has 29 heavy (non-hydrogen) atoms. The monoisotopic (exact) mass is 388 g/mol. The largest absolute Gasteiger partial charge is 0.359 e. The summed E-state index contributed by atoms with van der Waals surface area (Å²) in [7, 11) is 4.27. The lowest BCUT2D eigenvalue weighted by Gasteiger charge is -2.33. The van der Waals surface area contributed by atoms with Gasteiger partial charge in [-0.15, -0.1) is 0 Å². The molecule has 3 heterocycles. The summed E-state index contributed by atoms with van der Waals surface area (Å²) in [5.74, 6) is 2.76. The molecule has 1 aliphatic heterocycles. The lowest BCUT2D eigenvalue weighted by atomic mass is 10.2. The Hall–Kier alpha value is -2.99. The van der Waals surface area contributed by atoms with Crippen molar-refractivity contribution < 1.29 is 0 Å². The highest BCUT2D eigenvalue weighted by molar-refractivity contribution is 5.62. The number of likely N-dealkylation sites (N-methyl/N-ethyl adjacent to an activating group) is 2. The third kappa shape index (κ3) is 4.90. The Morgan fingerprint density at radius 3 is 2.38 bits per heavy atom. The van der Waals surface area contributed by atoms with Crippen LogP contribution in [0.15, 0.2) is 60.9 Å². The SMILES string of the molecule is CN1CCN(c2cc(N(C)CCc3ccncc3)nc(-c3ccccc3)n2)CC1. The van der Waals surface area contributed by atoms with Crippen LogP contribution in [0.25, 0.3) is 11.4 Å². The molecule has 0 amide bonds. The second kappa shape index (κ2) is 9.01. The molecule has 1 aromatic carbocycles. The van der Waals surface area contributed by atoms with E-state index in [0.717, 1.165) is 62.2 Å². The van der Waals surface area contributed by atoms with Crippen LogP contribution in [0, 0.1) is 0 Å². The van der Waals surface area contributed by atoms with Gasteiger partial charge in [-0.25, -0.2) is 9.97 Å². The molecule has 3 aromatic rings. The summed E-state index contributed by atoms with van der Waals surface area (Å²) in [5, 5.41) is 0.